The second-order valence-corrected chi connectivity index (χ2v) is 8.25. The number of rotatable bonds is 4. The van der Waals surface area contributed by atoms with Gasteiger partial charge < -0.3 is 5.11 Å². The van der Waals surface area contributed by atoms with Gasteiger partial charge in [-0.25, -0.2) is 8.42 Å². The molecule has 0 heterocycles. The maximum atomic E-state index is 11.6. The molecule has 1 unspecified atom stereocenters. The van der Waals surface area contributed by atoms with Crippen LogP contribution in [-0.4, -0.2) is 30.6 Å². The normalized spacial score (nSPS) is 14.6. The lowest BCUT2D eigenvalue weighted by atomic mass is 9.98. The molecular weight excluding hydrogens is 295 g/mol. The number of hydrogen-bond acceptors (Lipinski definition) is 3. The minimum Gasteiger partial charge on any atom is -0.391 e. The summed E-state index contributed by atoms with van der Waals surface area (Å²) < 4.78 is 22.0. The van der Waals surface area contributed by atoms with E-state index < -0.39 is 20.7 Å². The third-order valence-corrected chi connectivity index (χ3v) is 6.09. The van der Waals surface area contributed by atoms with Crippen LogP contribution in [0.5, 0.6) is 0 Å². The van der Waals surface area contributed by atoms with Gasteiger partial charge in [-0.1, -0.05) is 29.3 Å². The third-order valence-electron chi connectivity index (χ3n) is 3.17. The average molecular weight is 311 g/mol. The molecule has 1 N–H and O–H groups in total. The predicted molar refractivity (Wildman–Crippen MR) is 75.1 cm³/mol. The first-order chi connectivity index (χ1) is 8.05. The Hall–Kier alpha value is -0.290. The van der Waals surface area contributed by atoms with Gasteiger partial charge in [0.25, 0.3) is 0 Å². The Balaban J connectivity index is 2.94. The van der Waals surface area contributed by atoms with Crippen LogP contribution >= 0.6 is 23.2 Å². The number of hydrogen-bond donors (Lipinski definition) is 1. The monoisotopic (exact) mass is 310 g/mol. The fourth-order valence-electron chi connectivity index (χ4n) is 1.38. The van der Waals surface area contributed by atoms with E-state index in [0.717, 1.165) is 11.8 Å². The number of aliphatic hydroxyl groups is 1. The summed E-state index contributed by atoms with van der Waals surface area (Å²) in [4.78, 5) is 0. The lowest BCUT2D eigenvalue weighted by molar-refractivity contribution is 0.138. The highest BCUT2D eigenvalue weighted by molar-refractivity contribution is 7.92. The van der Waals surface area contributed by atoms with Crippen molar-refractivity contribution in [2.75, 3.05) is 6.26 Å². The molecule has 1 atom stereocenters. The summed E-state index contributed by atoms with van der Waals surface area (Å²) in [5.41, 5.74) is 0.744. The molecule has 6 heteroatoms. The van der Waals surface area contributed by atoms with Crippen molar-refractivity contribution in [1.29, 1.82) is 0 Å². The van der Waals surface area contributed by atoms with Crippen LogP contribution in [0, 0.1) is 0 Å². The van der Waals surface area contributed by atoms with Crippen LogP contribution in [0.3, 0.4) is 0 Å². The Morgan fingerprint density at radius 2 is 1.83 bits per heavy atom. The highest BCUT2D eigenvalue weighted by Gasteiger charge is 2.37. The van der Waals surface area contributed by atoms with Crippen molar-refractivity contribution in [3.05, 3.63) is 33.8 Å². The summed E-state index contributed by atoms with van der Waals surface area (Å²) in [6, 6.07) is 4.97. The first-order valence-electron chi connectivity index (χ1n) is 5.37. The van der Waals surface area contributed by atoms with Crippen LogP contribution in [0.2, 0.25) is 10.0 Å². The van der Waals surface area contributed by atoms with Crippen LogP contribution in [0.4, 0.5) is 0 Å². The summed E-state index contributed by atoms with van der Waals surface area (Å²) in [7, 11) is -3.35. The molecule has 0 aliphatic carbocycles. The SMILES string of the molecule is CC(C)(C(O)Cc1ccc(Cl)c(Cl)c1)S(C)(=O)=O. The van der Waals surface area contributed by atoms with E-state index in [1.165, 1.54) is 13.8 Å². The molecule has 0 amide bonds. The van der Waals surface area contributed by atoms with Gasteiger partial charge in [-0.05, 0) is 38.0 Å². The van der Waals surface area contributed by atoms with Crippen molar-refractivity contribution in [1.82, 2.24) is 0 Å². The molecule has 0 aliphatic heterocycles. The Kier molecular flexibility index (Phi) is 4.70. The van der Waals surface area contributed by atoms with E-state index in [2.05, 4.69) is 0 Å². The molecule has 0 spiro atoms. The van der Waals surface area contributed by atoms with Crippen molar-refractivity contribution in [2.24, 2.45) is 0 Å². The molecule has 1 aromatic carbocycles. The Morgan fingerprint density at radius 1 is 1.28 bits per heavy atom. The fourth-order valence-corrected chi connectivity index (χ4v) is 2.28. The molecule has 102 valence electrons. The summed E-state index contributed by atoms with van der Waals surface area (Å²) in [5, 5.41) is 10.9. The van der Waals surface area contributed by atoms with Crippen LogP contribution in [0.25, 0.3) is 0 Å². The van der Waals surface area contributed by atoms with E-state index in [1.54, 1.807) is 18.2 Å². The van der Waals surface area contributed by atoms with E-state index in [4.69, 9.17) is 23.2 Å². The Morgan fingerprint density at radius 3 is 2.28 bits per heavy atom. The van der Waals surface area contributed by atoms with Gasteiger partial charge in [-0.3, -0.25) is 0 Å². The first kappa shape index (κ1) is 15.8. The van der Waals surface area contributed by atoms with Gasteiger partial charge in [-0.15, -0.1) is 0 Å². The topological polar surface area (TPSA) is 54.4 Å². The Bertz CT molecular complexity index is 538. The molecule has 1 aromatic rings. The van der Waals surface area contributed by atoms with Gasteiger partial charge in [-0.2, -0.15) is 0 Å². The quantitative estimate of drug-likeness (QED) is 0.930. The largest absolute Gasteiger partial charge is 0.391 e. The van der Waals surface area contributed by atoms with Crippen molar-refractivity contribution in [3.8, 4) is 0 Å². The van der Waals surface area contributed by atoms with Crippen LogP contribution in [0.1, 0.15) is 19.4 Å². The van der Waals surface area contributed by atoms with Crippen molar-refractivity contribution < 1.29 is 13.5 Å². The van der Waals surface area contributed by atoms with E-state index in [0.29, 0.717) is 10.0 Å². The molecule has 0 aliphatic rings. The van der Waals surface area contributed by atoms with Crippen molar-refractivity contribution in [3.63, 3.8) is 0 Å². The van der Waals surface area contributed by atoms with Crippen LogP contribution in [0.15, 0.2) is 18.2 Å². The van der Waals surface area contributed by atoms with Crippen LogP contribution in [-0.2, 0) is 16.3 Å². The number of benzene rings is 1. The molecule has 0 radical (unpaired) electrons. The summed E-state index contributed by atoms with van der Waals surface area (Å²) in [6.07, 6.45) is 0.312. The van der Waals surface area contributed by atoms with E-state index in [1.807, 2.05) is 0 Å². The zero-order valence-corrected chi connectivity index (χ0v) is 12.8. The second kappa shape index (κ2) is 5.37. The van der Waals surface area contributed by atoms with Gasteiger partial charge in [0.05, 0.1) is 20.9 Å². The zero-order chi connectivity index (χ0) is 14.1. The number of aliphatic hydroxyl groups excluding tert-OH is 1. The van der Waals surface area contributed by atoms with Gasteiger partial charge in [0.2, 0.25) is 0 Å². The predicted octanol–water partition coefficient (Wildman–Crippen LogP) is 2.72. The minimum atomic E-state index is -3.35. The molecule has 0 saturated carbocycles. The molecule has 18 heavy (non-hydrogen) atoms. The van der Waals surface area contributed by atoms with Gasteiger partial charge in [0.15, 0.2) is 9.84 Å². The molecule has 0 aromatic heterocycles. The van der Waals surface area contributed by atoms with Gasteiger partial charge >= 0.3 is 0 Å². The summed E-state index contributed by atoms with van der Waals surface area (Å²) in [6.45, 7) is 3.01. The molecular formula is C12H16Cl2O3S. The van der Waals surface area contributed by atoms with Crippen LogP contribution < -0.4 is 0 Å². The number of halogens is 2. The smallest absolute Gasteiger partial charge is 0.155 e. The Labute approximate surface area is 118 Å². The van der Waals surface area contributed by atoms with Gasteiger partial charge in [0.1, 0.15) is 0 Å². The molecule has 0 fully saturated rings. The standard InChI is InChI=1S/C12H16Cl2O3S/c1-12(2,18(3,16)17)11(15)7-8-4-5-9(13)10(14)6-8/h4-6,11,15H,7H2,1-3H3. The maximum Gasteiger partial charge on any atom is 0.155 e. The third kappa shape index (κ3) is 3.38. The fraction of sp³-hybridized carbons (Fsp3) is 0.500. The van der Waals surface area contributed by atoms with E-state index in [-0.39, 0.29) is 6.42 Å². The van der Waals surface area contributed by atoms with Gasteiger partial charge in [0, 0.05) is 6.26 Å². The number of sulfone groups is 1. The minimum absolute atomic E-state index is 0.205. The van der Waals surface area contributed by atoms with E-state index >= 15 is 0 Å². The van der Waals surface area contributed by atoms with Crippen molar-refractivity contribution in [2.45, 2.75) is 31.1 Å². The first-order valence-corrected chi connectivity index (χ1v) is 8.02. The maximum absolute atomic E-state index is 11.6. The lowest BCUT2D eigenvalue weighted by Crippen LogP contribution is -2.44. The highest BCUT2D eigenvalue weighted by atomic mass is 35.5. The average Bonchev–Trinajstić information content (AvgIpc) is 2.21. The van der Waals surface area contributed by atoms with E-state index in [9.17, 15) is 13.5 Å². The molecule has 1 rings (SSSR count). The highest BCUT2D eigenvalue weighted by Crippen LogP contribution is 2.26. The second-order valence-electron chi connectivity index (χ2n) is 4.84. The zero-order valence-electron chi connectivity index (χ0n) is 10.4. The molecule has 0 bridgehead atoms. The molecule has 0 saturated heterocycles. The van der Waals surface area contributed by atoms with Crippen molar-refractivity contribution >= 4 is 33.0 Å². The molecule has 3 nitrogen and oxygen atoms in total. The summed E-state index contributed by atoms with van der Waals surface area (Å²) in [5.74, 6) is 0. The summed E-state index contributed by atoms with van der Waals surface area (Å²) >= 11 is 11.7. The lowest BCUT2D eigenvalue weighted by Gasteiger charge is -2.28.